The van der Waals surface area contributed by atoms with Gasteiger partial charge in [-0.05, 0) is 31.2 Å². The molecule has 1 N–H and O–H groups in total. The first-order valence-electron chi connectivity index (χ1n) is 9.09. The van der Waals surface area contributed by atoms with Gasteiger partial charge in [0.25, 0.3) is 0 Å². The van der Waals surface area contributed by atoms with Gasteiger partial charge in [0, 0.05) is 5.56 Å². The Labute approximate surface area is 160 Å². The van der Waals surface area contributed by atoms with Crippen molar-refractivity contribution in [2.75, 3.05) is 39.3 Å². The van der Waals surface area contributed by atoms with E-state index in [-0.39, 0.29) is 10.7 Å². The van der Waals surface area contributed by atoms with Gasteiger partial charge in [-0.3, -0.25) is 4.79 Å². The summed E-state index contributed by atoms with van der Waals surface area (Å²) in [6.07, 6.45) is 0. The van der Waals surface area contributed by atoms with Crippen molar-refractivity contribution in [3.63, 3.8) is 0 Å². The Morgan fingerprint density at radius 3 is 2.44 bits per heavy atom. The fraction of sp³-hybridized carbons (Fsp3) is 0.350. The molecule has 7 heteroatoms. The molecule has 1 saturated heterocycles. The van der Waals surface area contributed by atoms with Crippen molar-refractivity contribution in [1.29, 1.82) is 0 Å². The Hall–Kier alpha value is -2.22. The predicted octanol–water partition coefficient (Wildman–Crippen LogP) is 0.857. The maximum Gasteiger partial charge on any atom is 0.243 e. The Balaban J connectivity index is 1.53. The molecule has 0 radical (unpaired) electrons. The number of carbonyl (C=O) groups excluding carboxylic acids is 1. The first kappa shape index (κ1) is 19.5. The van der Waals surface area contributed by atoms with E-state index in [0.717, 1.165) is 25.4 Å². The smallest absolute Gasteiger partial charge is 0.243 e. The third-order valence-corrected chi connectivity index (χ3v) is 6.67. The molecule has 0 atom stereocenters. The number of nitrogens with zero attached hydrogens (tertiary/aromatic N) is 1. The number of quaternary nitrogens is 1. The zero-order valence-electron chi connectivity index (χ0n) is 15.4. The number of para-hydroxylation sites is 1. The van der Waals surface area contributed by atoms with Gasteiger partial charge < -0.3 is 9.64 Å². The number of piperazine rings is 1. The number of Topliss-reactive ketones (excluding diaryl/α,β-unsaturated/α-hetero) is 1. The lowest BCUT2D eigenvalue weighted by Gasteiger charge is -2.31. The van der Waals surface area contributed by atoms with Crippen LogP contribution in [-0.4, -0.2) is 57.8 Å². The van der Waals surface area contributed by atoms with Crippen LogP contribution in [0.15, 0.2) is 59.5 Å². The van der Waals surface area contributed by atoms with E-state index >= 15 is 0 Å². The molecular weight excluding hydrogens is 364 g/mol. The van der Waals surface area contributed by atoms with E-state index in [1.54, 1.807) is 18.2 Å². The Bertz CT molecular complexity index is 876. The fourth-order valence-electron chi connectivity index (χ4n) is 3.15. The highest BCUT2D eigenvalue weighted by Gasteiger charge is 2.30. The van der Waals surface area contributed by atoms with Gasteiger partial charge in [0.15, 0.2) is 5.78 Å². The second-order valence-electron chi connectivity index (χ2n) is 6.65. The lowest BCUT2D eigenvalue weighted by molar-refractivity contribution is -0.903. The van der Waals surface area contributed by atoms with Crippen LogP contribution < -0.4 is 9.64 Å². The van der Waals surface area contributed by atoms with E-state index in [2.05, 4.69) is 0 Å². The van der Waals surface area contributed by atoms with Crippen molar-refractivity contribution in [2.45, 2.75) is 11.8 Å². The summed E-state index contributed by atoms with van der Waals surface area (Å²) < 4.78 is 32.9. The van der Waals surface area contributed by atoms with Crippen molar-refractivity contribution in [3.8, 4) is 5.75 Å². The average molecular weight is 389 g/mol. The number of ketones is 1. The average Bonchev–Trinajstić information content (AvgIpc) is 2.69. The third kappa shape index (κ3) is 4.94. The zero-order valence-corrected chi connectivity index (χ0v) is 16.2. The minimum Gasteiger partial charge on any atom is -0.488 e. The van der Waals surface area contributed by atoms with E-state index in [0.29, 0.717) is 25.3 Å². The molecule has 1 aliphatic heterocycles. The minimum absolute atomic E-state index is 0.139. The second kappa shape index (κ2) is 8.65. The molecule has 1 fully saturated rings. The molecule has 0 saturated carbocycles. The van der Waals surface area contributed by atoms with Crippen molar-refractivity contribution >= 4 is 15.8 Å². The van der Waals surface area contributed by atoms with Crippen molar-refractivity contribution < 1.29 is 22.8 Å². The monoisotopic (exact) mass is 389 g/mol. The third-order valence-electron chi connectivity index (χ3n) is 4.78. The Morgan fingerprint density at radius 2 is 1.78 bits per heavy atom. The summed E-state index contributed by atoms with van der Waals surface area (Å²) in [5, 5.41) is 0. The van der Waals surface area contributed by atoms with Crippen LogP contribution in [0.1, 0.15) is 17.3 Å². The molecule has 1 heterocycles. The van der Waals surface area contributed by atoms with Crippen LogP contribution in [0, 0.1) is 0 Å². The Morgan fingerprint density at radius 1 is 1.07 bits per heavy atom. The molecule has 144 valence electrons. The van der Waals surface area contributed by atoms with Gasteiger partial charge in [-0.15, -0.1) is 0 Å². The topological polar surface area (TPSA) is 68.1 Å². The summed E-state index contributed by atoms with van der Waals surface area (Å²) >= 11 is 0. The maximum absolute atomic E-state index is 12.8. The number of nitrogens with one attached hydrogen (secondary N) is 1. The summed E-state index contributed by atoms with van der Waals surface area (Å²) in [6, 6.07) is 15.9. The molecule has 3 rings (SSSR count). The fourth-order valence-corrected chi connectivity index (χ4v) is 4.64. The van der Waals surface area contributed by atoms with Crippen LogP contribution in [0.3, 0.4) is 0 Å². The number of rotatable bonds is 7. The highest BCUT2D eigenvalue weighted by Crippen LogP contribution is 2.17. The van der Waals surface area contributed by atoms with Crippen LogP contribution in [0.4, 0.5) is 0 Å². The first-order valence-corrected chi connectivity index (χ1v) is 10.5. The van der Waals surface area contributed by atoms with Gasteiger partial charge in [-0.1, -0.05) is 30.3 Å². The largest absolute Gasteiger partial charge is 0.488 e. The van der Waals surface area contributed by atoms with E-state index in [1.165, 1.54) is 22.2 Å². The molecule has 0 bridgehead atoms. The highest BCUT2D eigenvalue weighted by atomic mass is 32.2. The van der Waals surface area contributed by atoms with Gasteiger partial charge >= 0.3 is 0 Å². The lowest BCUT2D eigenvalue weighted by Crippen LogP contribution is -3.15. The molecule has 0 unspecified atom stereocenters. The van der Waals surface area contributed by atoms with E-state index < -0.39 is 10.0 Å². The summed E-state index contributed by atoms with van der Waals surface area (Å²) in [5.74, 6) is 0.711. The van der Waals surface area contributed by atoms with Gasteiger partial charge in [0.05, 0.1) is 31.1 Å². The minimum atomic E-state index is -3.57. The number of hydrogen-bond acceptors (Lipinski definition) is 4. The maximum atomic E-state index is 12.8. The van der Waals surface area contributed by atoms with Crippen LogP contribution in [0.5, 0.6) is 5.75 Å². The molecule has 1 aliphatic rings. The predicted molar refractivity (Wildman–Crippen MR) is 103 cm³/mol. The van der Waals surface area contributed by atoms with Crippen molar-refractivity contribution in [2.24, 2.45) is 0 Å². The summed E-state index contributed by atoms with van der Waals surface area (Å²) in [7, 11) is -3.57. The molecule has 0 aromatic heterocycles. The molecule has 0 amide bonds. The number of sulfonamides is 1. The quantitative estimate of drug-likeness (QED) is 0.713. The van der Waals surface area contributed by atoms with Gasteiger partial charge in [0.2, 0.25) is 10.0 Å². The summed E-state index contributed by atoms with van der Waals surface area (Å²) in [5.41, 5.74) is 0.415. The van der Waals surface area contributed by atoms with Gasteiger partial charge in [0.1, 0.15) is 18.9 Å². The molecule has 0 aliphatic carbocycles. The lowest BCUT2D eigenvalue weighted by atomic mass is 10.2. The number of carbonyl (C=O) groups is 1. The van der Waals surface area contributed by atoms with E-state index in [1.807, 2.05) is 30.3 Å². The molecule has 6 nitrogen and oxygen atoms in total. The molecule has 27 heavy (non-hydrogen) atoms. The molecular formula is C20H25N2O4S+. The van der Waals surface area contributed by atoms with E-state index in [9.17, 15) is 13.2 Å². The number of hydrogen-bond donors (Lipinski definition) is 1. The molecule has 0 spiro atoms. The van der Waals surface area contributed by atoms with Crippen molar-refractivity contribution in [3.05, 3.63) is 60.2 Å². The first-order chi connectivity index (χ1) is 13.0. The van der Waals surface area contributed by atoms with Crippen LogP contribution in [0.25, 0.3) is 0 Å². The van der Waals surface area contributed by atoms with Crippen LogP contribution in [0.2, 0.25) is 0 Å². The second-order valence-corrected chi connectivity index (χ2v) is 8.59. The number of benzene rings is 2. The van der Waals surface area contributed by atoms with Gasteiger partial charge in [-0.25, -0.2) is 8.42 Å². The normalized spacial score (nSPS) is 16.2. The summed E-state index contributed by atoms with van der Waals surface area (Å²) in [4.78, 5) is 13.0. The highest BCUT2D eigenvalue weighted by molar-refractivity contribution is 7.89. The molecule has 2 aromatic carbocycles. The zero-order chi connectivity index (χ0) is 19.3. The standard InChI is InChI=1S/C20H24N2O4S/c1-17(23)18-6-5-9-20(16-18)27(24,25)22-12-10-21(11-13-22)14-15-26-19-7-3-2-4-8-19/h2-9,16H,10-15H2,1H3/p+1. The number of ether oxygens (including phenoxy) is 1. The van der Waals surface area contributed by atoms with Crippen molar-refractivity contribution in [1.82, 2.24) is 4.31 Å². The SMILES string of the molecule is CC(=O)c1cccc(S(=O)(=O)N2CC[NH+](CCOc3ccccc3)CC2)c1. The van der Waals surface area contributed by atoms with Gasteiger partial charge in [-0.2, -0.15) is 4.31 Å². The molecule has 2 aromatic rings. The Kier molecular flexibility index (Phi) is 6.26. The summed E-state index contributed by atoms with van der Waals surface area (Å²) in [6.45, 7) is 5.29. The van der Waals surface area contributed by atoms with E-state index in [4.69, 9.17) is 4.74 Å². The van der Waals surface area contributed by atoms with Crippen LogP contribution in [-0.2, 0) is 10.0 Å². The van der Waals surface area contributed by atoms with Crippen LogP contribution >= 0.6 is 0 Å².